The Morgan fingerprint density at radius 1 is 1.32 bits per heavy atom. The van der Waals surface area contributed by atoms with E-state index in [1.54, 1.807) is 18.2 Å². The van der Waals surface area contributed by atoms with Crippen LogP contribution in [0.2, 0.25) is 10.0 Å². The predicted molar refractivity (Wildman–Crippen MR) is 79.3 cm³/mol. The van der Waals surface area contributed by atoms with Crippen molar-refractivity contribution in [2.24, 2.45) is 0 Å². The van der Waals surface area contributed by atoms with Gasteiger partial charge in [0.1, 0.15) is 0 Å². The van der Waals surface area contributed by atoms with E-state index in [0.29, 0.717) is 28.2 Å². The van der Waals surface area contributed by atoms with Crippen LogP contribution in [0, 0.1) is 0 Å². The zero-order valence-electron chi connectivity index (χ0n) is 11.2. The number of ketones is 1. The van der Waals surface area contributed by atoms with Crippen molar-refractivity contribution in [3.8, 4) is 0 Å². The van der Waals surface area contributed by atoms with Crippen LogP contribution in [-0.4, -0.2) is 54.9 Å². The molecule has 0 bridgehead atoms. The van der Waals surface area contributed by atoms with Crippen molar-refractivity contribution in [3.05, 3.63) is 33.8 Å². The van der Waals surface area contributed by atoms with Gasteiger partial charge in [0, 0.05) is 31.2 Å². The van der Waals surface area contributed by atoms with Gasteiger partial charge in [0.2, 0.25) is 0 Å². The number of hydrogen-bond acceptors (Lipinski definition) is 3. The number of carbonyl (C=O) groups is 1. The minimum atomic E-state index is 0.0926. The molecule has 1 atom stereocenters. The highest BCUT2D eigenvalue weighted by Crippen LogP contribution is 2.23. The van der Waals surface area contributed by atoms with E-state index >= 15 is 0 Å². The maximum Gasteiger partial charge on any atom is 0.176 e. The minimum Gasteiger partial charge on any atom is -0.304 e. The van der Waals surface area contributed by atoms with Crippen molar-refractivity contribution in [1.29, 1.82) is 0 Å². The Morgan fingerprint density at radius 3 is 2.68 bits per heavy atom. The monoisotopic (exact) mass is 300 g/mol. The van der Waals surface area contributed by atoms with E-state index in [9.17, 15) is 4.79 Å². The lowest BCUT2D eigenvalue weighted by Gasteiger charge is -2.37. The number of likely N-dealkylation sites (N-methyl/N-ethyl adjacent to an activating group) is 1. The van der Waals surface area contributed by atoms with Crippen LogP contribution in [0.4, 0.5) is 0 Å². The number of halogens is 2. The third-order valence-corrected chi connectivity index (χ3v) is 4.30. The molecule has 1 aliphatic rings. The quantitative estimate of drug-likeness (QED) is 0.802. The fourth-order valence-electron chi connectivity index (χ4n) is 2.36. The van der Waals surface area contributed by atoms with Gasteiger partial charge in [0.25, 0.3) is 0 Å². The Kier molecular flexibility index (Phi) is 4.85. The van der Waals surface area contributed by atoms with E-state index in [4.69, 9.17) is 23.2 Å². The van der Waals surface area contributed by atoms with Gasteiger partial charge < -0.3 is 4.90 Å². The maximum absolute atomic E-state index is 12.2. The summed E-state index contributed by atoms with van der Waals surface area (Å²) in [5.41, 5.74) is 0.625. The van der Waals surface area contributed by atoms with Crippen molar-refractivity contribution < 1.29 is 4.79 Å². The van der Waals surface area contributed by atoms with Gasteiger partial charge in [-0.1, -0.05) is 23.2 Å². The lowest BCUT2D eigenvalue weighted by Crippen LogP contribution is -2.51. The highest BCUT2D eigenvalue weighted by molar-refractivity contribution is 6.42. The van der Waals surface area contributed by atoms with E-state index in [2.05, 4.69) is 23.8 Å². The van der Waals surface area contributed by atoms with Crippen molar-refractivity contribution in [2.75, 3.05) is 33.2 Å². The Morgan fingerprint density at radius 2 is 2.05 bits per heavy atom. The molecule has 2 rings (SSSR count). The first-order valence-corrected chi connectivity index (χ1v) is 7.14. The van der Waals surface area contributed by atoms with Crippen LogP contribution < -0.4 is 0 Å². The average Bonchev–Trinajstić information content (AvgIpc) is 2.36. The largest absolute Gasteiger partial charge is 0.304 e. The van der Waals surface area contributed by atoms with Crippen molar-refractivity contribution in [3.63, 3.8) is 0 Å². The van der Waals surface area contributed by atoms with Crippen LogP contribution in [0.1, 0.15) is 17.3 Å². The summed E-state index contributed by atoms with van der Waals surface area (Å²) < 4.78 is 0. The Hall–Kier alpha value is -0.610. The first-order chi connectivity index (χ1) is 8.97. The lowest BCUT2D eigenvalue weighted by molar-refractivity contribution is 0.0747. The fourth-order valence-corrected chi connectivity index (χ4v) is 2.66. The topological polar surface area (TPSA) is 23.6 Å². The Balaban J connectivity index is 2.02. The van der Waals surface area contributed by atoms with E-state index in [-0.39, 0.29) is 5.78 Å². The summed E-state index contributed by atoms with van der Waals surface area (Å²) >= 11 is 11.8. The van der Waals surface area contributed by atoms with E-state index in [1.165, 1.54) is 0 Å². The molecule has 0 spiro atoms. The molecular weight excluding hydrogens is 283 g/mol. The third-order valence-electron chi connectivity index (χ3n) is 3.56. The average molecular weight is 301 g/mol. The molecule has 1 heterocycles. The standard InChI is InChI=1S/C14H18Cl2N2O/c1-10-8-17(2)5-6-18(10)9-14(19)11-3-4-12(15)13(16)7-11/h3-4,7,10H,5-6,8-9H2,1-2H3. The second-order valence-corrected chi connectivity index (χ2v) is 5.95. The van der Waals surface area contributed by atoms with Gasteiger partial charge in [0.05, 0.1) is 16.6 Å². The maximum atomic E-state index is 12.2. The number of hydrogen-bond donors (Lipinski definition) is 0. The SMILES string of the molecule is CC1CN(C)CCN1CC(=O)c1ccc(Cl)c(Cl)c1. The molecule has 1 aromatic rings. The molecule has 19 heavy (non-hydrogen) atoms. The van der Waals surface area contributed by atoms with Crippen LogP contribution >= 0.6 is 23.2 Å². The molecule has 1 saturated heterocycles. The van der Waals surface area contributed by atoms with Crippen molar-refractivity contribution in [2.45, 2.75) is 13.0 Å². The van der Waals surface area contributed by atoms with Gasteiger partial charge in [-0.3, -0.25) is 9.69 Å². The minimum absolute atomic E-state index is 0.0926. The number of carbonyl (C=O) groups excluding carboxylic acids is 1. The molecule has 1 aliphatic heterocycles. The number of Topliss-reactive ketones (excluding diaryl/α,β-unsaturated/α-hetero) is 1. The molecule has 0 radical (unpaired) electrons. The van der Waals surface area contributed by atoms with E-state index in [0.717, 1.165) is 19.6 Å². The molecule has 3 nitrogen and oxygen atoms in total. The first-order valence-electron chi connectivity index (χ1n) is 6.38. The molecule has 1 fully saturated rings. The molecule has 0 aliphatic carbocycles. The van der Waals surface area contributed by atoms with Crippen LogP contribution in [0.3, 0.4) is 0 Å². The van der Waals surface area contributed by atoms with Gasteiger partial charge in [-0.2, -0.15) is 0 Å². The Bertz CT molecular complexity index is 479. The molecule has 1 unspecified atom stereocenters. The summed E-state index contributed by atoms with van der Waals surface area (Å²) in [5, 5.41) is 0.908. The van der Waals surface area contributed by atoms with Crippen molar-refractivity contribution >= 4 is 29.0 Å². The molecule has 5 heteroatoms. The summed E-state index contributed by atoms with van der Waals surface area (Å²) in [5.74, 6) is 0.0926. The molecule has 1 aromatic carbocycles. The fraction of sp³-hybridized carbons (Fsp3) is 0.500. The highest BCUT2D eigenvalue weighted by Gasteiger charge is 2.23. The summed E-state index contributed by atoms with van der Waals surface area (Å²) in [6, 6.07) is 5.44. The highest BCUT2D eigenvalue weighted by atomic mass is 35.5. The Labute approximate surface area is 124 Å². The summed E-state index contributed by atoms with van der Waals surface area (Å²) in [7, 11) is 2.11. The van der Waals surface area contributed by atoms with Gasteiger partial charge in [-0.15, -0.1) is 0 Å². The number of piperazine rings is 1. The van der Waals surface area contributed by atoms with Gasteiger partial charge >= 0.3 is 0 Å². The van der Waals surface area contributed by atoms with Gasteiger partial charge in [-0.05, 0) is 32.2 Å². The molecule has 104 valence electrons. The smallest absolute Gasteiger partial charge is 0.176 e. The number of rotatable bonds is 3. The summed E-state index contributed by atoms with van der Waals surface area (Å²) in [6.07, 6.45) is 0. The molecule has 0 aromatic heterocycles. The van der Waals surface area contributed by atoms with Gasteiger partial charge in [-0.25, -0.2) is 0 Å². The van der Waals surface area contributed by atoms with E-state index < -0.39 is 0 Å². The predicted octanol–water partition coefficient (Wildman–Crippen LogP) is 2.81. The van der Waals surface area contributed by atoms with Gasteiger partial charge in [0.15, 0.2) is 5.78 Å². The second kappa shape index (κ2) is 6.23. The van der Waals surface area contributed by atoms with Crippen LogP contribution in [0.25, 0.3) is 0 Å². The van der Waals surface area contributed by atoms with Crippen LogP contribution in [0.5, 0.6) is 0 Å². The summed E-state index contributed by atoms with van der Waals surface area (Å²) in [6.45, 7) is 5.50. The molecule has 0 amide bonds. The normalized spacial score (nSPS) is 21.6. The van der Waals surface area contributed by atoms with Crippen LogP contribution in [-0.2, 0) is 0 Å². The molecule has 0 saturated carbocycles. The number of benzene rings is 1. The zero-order chi connectivity index (χ0) is 14.0. The lowest BCUT2D eigenvalue weighted by atomic mass is 10.1. The summed E-state index contributed by atoms with van der Waals surface area (Å²) in [4.78, 5) is 16.7. The molecular formula is C14H18Cl2N2O. The third kappa shape index (κ3) is 3.69. The first kappa shape index (κ1) is 14.8. The van der Waals surface area contributed by atoms with Crippen molar-refractivity contribution in [1.82, 2.24) is 9.80 Å². The zero-order valence-corrected chi connectivity index (χ0v) is 12.7. The second-order valence-electron chi connectivity index (χ2n) is 5.13. The van der Waals surface area contributed by atoms with E-state index in [1.807, 2.05) is 0 Å². The number of nitrogens with zero attached hydrogens (tertiary/aromatic N) is 2. The molecule has 0 N–H and O–H groups in total. The van der Waals surface area contributed by atoms with Crippen LogP contribution in [0.15, 0.2) is 18.2 Å².